The van der Waals surface area contributed by atoms with Crippen LogP contribution in [0, 0.1) is 0 Å². The summed E-state index contributed by atoms with van der Waals surface area (Å²) < 4.78 is 2.43. The molecule has 0 spiro atoms. The summed E-state index contributed by atoms with van der Waals surface area (Å²) in [5.41, 5.74) is 11.5. The maximum Gasteiger partial charge on any atom is 0.0640 e. The summed E-state index contributed by atoms with van der Waals surface area (Å²) in [7, 11) is 0. The van der Waals surface area contributed by atoms with Gasteiger partial charge in [0, 0.05) is 28.1 Å². The Labute approximate surface area is 217 Å². The Morgan fingerprint density at radius 1 is 0.649 bits per heavy atom. The van der Waals surface area contributed by atoms with Crippen LogP contribution in [0.5, 0.6) is 0 Å². The van der Waals surface area contributed by atoms with Crippen molar-refractivity contribution < 1.29 is 0 Å². The molecule has 1 heterocycles. The van der Waals surface area contributed by atoms with Crippen molar-refractivity contribution in [2.45, 2.75) is 25.8 Å². The number of benzene rings is 5. The minimum absolute atomic E-state index is 0.0323. The third-order valence-corrected chi connectivity index (χ3v) is 7.86. The molecule has 5 aromatic carbocycles. The van der Waals surface area contributed by atoms with Crippen LogP contribution in [0.15, 0.2) is 120 Å². The summed E-state index contributed by atoms with van der Waals surface area (Å²) in [4.78, 5) is 4.71. The Morgan fingerprint density at radius 2 is 1.43 bits per heavy atom. The van der Waals surface area contributed by atoms with Crippen LogP contribution < -0.4 is 0 Å². The molecule has 0 fully saturated rings. The van der Waals surface area contributed by atoms with Gasteiger partial charge in [-0.15, -0.1) is 0 Å². The van der Waals surface area contributed by atoms with Gasteiger partial charge in [0.05, 0.1) is 17.6 Å². The minimum Gasteiger partial charge on any atom is -0.309 e. The number of hydrogen-bond acceptors (Lipinski definition) is 1. The molecule has 0 N–H and O–H groups in total. The fourth-order valence-electron chi connectivity index (χ4n) is 6.03. The monoisotopic (exact) mass is 476 g/mol. The number of aliphatic imine (C=N–C) groups is 1. The normalized spacial score (nSPS) is 13.9. The molecule has 0 bridgehead atoms. The number of nitrogens with zero attached hydrogens (tertiary/aromatic N) is 2. The van der Waals surface area contributed by atoms with E-state index >= 15 is 0 Å². The SMILES string of the molecule is CC1(C)c2ccccc2-c2cc3c4ccccc4n(-c4cccc(CN=Cc5ccccc5)c4)c3cc21. The fourth-order valence-corrected chi connectivity index (χ4v) is 6.03. The summed E-state index contributed by atoms with van der Waals surface area (Å²) in [6.45, 7) is 5.35. The summed E-state index contributed by atoms with van der Waals surface area (Å²) in [5, 5.41) is 2.59. The fraction of sp³-hybridized carbons (Fsp3) is 0.114. The molecule has 1 aliphatic carbocycles. The van der Waals surface area contributed by atoms with E-state index in [1.807, 2.05) is 24.4 Å². The Morgan fingerprint density at radius 3 is 2.32 bits per heavy atom. The van der Waals surface area contributed by atoms with Crippen LogP contribution in [-0.4, -0.2) is 10.8 Å². The molecule has 0 aliphatic heterocycles. The smallest absolute Gasteiger partial charge is 0.0640 e. The van der Waals surface area contributed by atoms with E-state index in [0.29, 0.717) is 6.54 Å². The molecule has 0 saturated carbocycles. The highest BCUT2D eigenvalue weighted by Gasteiger charge is 2.36. The van der Waals surface area contributed by atoms with Crippen molar-refractivity contribution in [3.05, 3.63) is 138 Å². The number of hydrogen-bond donors (Lipinski definition) is 0. The molecule has 7 rings (SSSR count). The lowest BCUT2D eigenvalue weighted by atomic mass is 9.82. The molecule has 2 heteroatoms. The van der Waals surface area contributed by atoms with E-state index in [9.17, 15) is 0 Å². The highest BCUT2D eigenvalue weighted by Crippen LogP contribution is 2.50. The van der Waals surface area contributed by atoms with Crippen molar-refractivity contribution in [1.29, 1.82) is 0 Å². The van der Waals surface area contributed by atoms with Gasteiger partial charge in [-0.05, 0) is 63.7 Å². The standard InChI is InChI=1S/C35H28N2/c1-35(2)31-17-8-6-15-27(31)29-20-30-28-16-7-9-18-33(28)37(34(30)21-32(29)35)26-14-10-13-25(19-26)23-36-22-24-11-4-3-5-12-24/h3-22H,23H2,1-2H3. The molecular weight excluding hydrogens is 448 g/mol. The van der Waals surface area contributed by atoms with E-state index < -0.39 is 0 Å². The van der Waals surface area contributed by atoms with Crippen LogP contribution in [-0.2, 0) is 12.0 Å². The van der Waals surface area contributed by atoms with E-state index in [1.54, 1.807) is 0 Å². The zero-order valence-electron chi connectivity index (χ0n) is 21.1. The zero-order chi connectivity index (χ0) is 25.0. The first-order chi connectivity index (χ1) is 18.1. The molecule has 0 unspecified atom stereocenters. The highest BCUT2D eigenvalue weighted by molar-refractivity contribution is 6.11. The number of rotatable bonds is 4. The van der Waals surface area contributed by atoms with Crippen molar-refractivity contribution in [2.75, 3.05) is 0 Å². The number of para-hydroxylation sites is 1. The molecule has 1 aliphatic rings. The van der Waals surface area contributed by atoms with Crippen molar-refractivity contribution in [3.63, 3.8) is 0 Å². The lowest BCUT2D eigenvalue weighted by Gasteiger charge is -2.21. The first-order valence-corrected chi connectivity index (χ1v) is 12.9. The Hall–Kier alpha value is -4.43. The average Bonchev–Trinajstić information content (AvgIpc) is 3.37. The summed E-state index contributed by atoms with van der Waals surface area (Å²) in [5.74, 6) is 0. The van der Waals surface area contributed by atoms with Crippen LogP contribution in [0.4, 0.5) is 0 Å². The van der Waals surface area contributed by atoms with Crippen LogP contribution in [0.1, 0.15) is 36.1 Å². The van der Waals surface area contributed by atoms with E-state index in [1.165, 1.54) is 55.3 Å². The first kappa shape index (κ1) is 21.8. The molecular formula is C35H28N2. The van der Waals surface area contributed by atoms with Crippen molar-refractivity contribution in [1.82, 2.24) is 4.57 Å². The third-order valence-electron chi connectivity index (χ3n) is 7.86. The van der Waals surface area contributed by atoms with E-state index in [0.717, 1.165) is 5.56 Å². The maximum atomic E-state index is 4.71. The van der Waals surface area contributed by atoms with Crippen molar-refractivity contribution >= 4 is 28.0 Å². The Kier molecular flexibility index (Phi) is 4.90. The van der Waals surface area contributed by atoms with E-state index in [4.69, 9.17) is 4.99 Å². The van der Waals surface area contributed by atoms with Gasteiger partial charge in [-0.1, -0.05) is 98.8 Å². The van der Waals surface area contributed by atoms with Crippen LogP contribution in [0.3, 0.4) is 0 Å². The molecule has 0 saturated heterocycles. The summed E-state index contributed by atoms with van der Waals surface area (Å²) in [6, 6.07) is 41.6. The van der Waals surface area contributed by atoms with Crippen molar-refractivity contribution in [3.8, 4) is 16.8 Å². The van der Waals surface area contributed by atoms with Gasteiger partial charge < -0.3 is 4.57 Å². The van der Waals surface area contributed by atoms with Crippen LogP contribution in [0.25, 0.3) is 38.6 Å². The second-order valence-corrected chi connectivity index (χ2v) is 10.5. The topological polar surface area (TPSA) is 17.3 Å². The zero-order valence-corrected chi connectivity index (χ0v) is 21.1. The second kappa shape index (κ2) is 8.31. The molecule has 6 aromatic rings. The second-order valence-electron chi connectivity index (χ2n) is 10.5. The van der Waals surface area contributed by atoms with Gasteiger partial charge in [-0.2, -0.15) is 0 Å². The van der Waals surface area contributed by atoms with Gasteiger partial charge in [0.1, 0.15) is 0 Å². The molecule has 178 valence electrons. The molecule has 0 amide bonds. The summed E-state index contributed by atoms with van der Waals surface area (Å²) >= 11 is 0. The molecule has 0 radical (unpaired) electrons. The van der Waals surface area contributed by atoms with E-state index in [2.05, 4.69) is 115 Å². The Bertz CT molecular complexity index is 1820. The third kappa shape index (κ3) is 3.44. The predicted octanol–water partition coefficient (Wildman–Crippen LogP) is 8.71. The lowest BCUT2D eigenvalue weighted by molar-refractivity contribution is 0.661. The van der Waals surface area contributed by atoms with Gasteiger partial charge in [0.2, 0.25) is 0 Å². The largest absolute Gasteiger partial charge is 0.309 e. The minimum atomic E-state index is -0.0323. The first-order valence-electron chi connectivity index (χ1n) is 12.9. The van der Waals surface area contributed by atoms with Crippen LogP contribution >= 0.6 is 0 Å². The highest BCUT2D eigenvalue weighted by atomic mass is 15.0. The number of fused-ring (bicyclic) bond motifs is 6. The van der Waals surface area contributed by atoms with Crippen LogP contribution in [0.2, 0.25) is 0 Å². The maximum absolute atomic E-state index is 4.71. The summed E-state index contributed by atoms with van der Waals surface area (Å²) in [6.07, 6.45) is 1.95. The van der Waals surface area contributed by atoms with Gasteiger partial charge in [-0.25, -0.2) is 0 Å². The molecule has 37 heavy (non-hydrogen) atoms. The molecule has 0 atom stereocenters. The molecule has 2 nitrogen and oxygen atoms in total. The lowest BCUT2D eigenvalue weighted by Crippen LogP contribution is -2.14. The van der Waals surface area contributed by atoms with Gasteiger partial charge in [0.25, 0.3) is 0 Å². The van der Waals surface area contributed by atoms with Gasteiger partial charge in [0.15, 0.2) is 0 Å². The Balaban J connectivity index is 1.39. The molecule has 1 aromatic heterocycles. The predicted molar refractivity (Wildman–Crippen MR) is 156 cm³/mol. The average molecular weight is 477 g/mol. The van der Waals surface area contributed by atoms with Crippen molar-refractivity contribution in [2.24, 2.45) is 4.99 Å². The van der Waals surface area contributed by atoms with E-state index in [-0.39, 0.29) is 5.41 Å². The quantitative estimate of drug-likeness (QED) is 0.226. The van der Waals surface area contributed by atoms with Gasteiger partial charge in [-0.3, -0.25) is 4.99 Å². The number of aromatic nitrogens is 1. The van der Waals surface area contributed by atoms with Gasteiger partial charge >= 0.3 is 0 Å².